The van der Waals surface area contributed by atoms with Crippen molar-refractivity contribution in [3.63, 3.8) is 0 Å². The van der Waals surface area contributed by atoms with Gasteiger partial charge in [0.15, 0.2) is 5.13 Å². The minimum absolute atomic E-state index is 0.306. The van der Waals surface area contributed by atoms with Crippen molar-refractivity contribution in [3.05, 3.63) is 66.9 Å². The number of benzene rings is 2. The van der Waals surface area contributed by atoms with Gasteiger partial charge in [0.05, 0.1) is 20.8 Å². The van der Waals surface area contributed by atoms with Gasteiger partial charge in [-0.1, -0.05) is 59.7 Å². The molecule has 0 saturated carbocycles. The number of carbonyl (C=O) groups is 1. The monoisotopic (exact) mass is 458 g/mol. The molecule has 0 aliphatic heterocycles. The average molecular weight is 460 g/mol. The zero-order valence-electron chi connectivity index (χ0n) is 14.2. The third-order valence-electron chi connectivity index (χ3n) is 3.76. The number of rotatable bonds is 5. The van der Waals surface area contributed by atoms with Gasteiger partial charge in [-0.3, -0.25) is 10.1 Å². The SMILES string of the molecule is CCCc1sc(NC(=O)c2ccc(Cl)c(Cl)c2)nc1-c1ccc(Cl)cc1Cl. The molecule has 0 atom stereocenters. The highest BCUT2D eigenvalue weighted by molar-refractivity contribution is 7.16. The van der Waals surface area contributed by atoms with E-state index in [1.807, 2.05) is 6.07 Å². The Morgan fingerprint density at radius 2 is 1.81 bits per heavy atom. The van der Waals surface area contributed by atoms with Crippen molar-refractivity contribution in [2.45, 2.75) is 19.8 Å². The molecule has 0 aliphatic carbocycles. The molecule has 140 valence electrons. The van der Waals surface area contributed by atoms with E-state index in [2.05, 4.69) is 17.2 Å². The summed E-state index contributed by atoms with van der Waals surface area (Å²) in [5, 5.41) is 5.12. The predicted molar refractivity (Wildman–Crippen MR) is 116 cm³/mol. The van der Waals surface area contributed by atoms with Crippen molar-refractivity contribution in [1.82, 2.24) is 4.98 Å². The van der Waals surface area contributed by atoms with Gasteiger partial charge in [0.1, 0.15) is 0 Å². The van der Waals surface area contributed by atoms with E-state index in [1.165, 1.54) is 17.4 Å². The molecule has 2 aromatic carbocycles. The van der Waals surface area contributed by atoms with E-state index in [4.69, 9.17) is 46.4 Å². The Balaban J connectivity index is 1.92. The van der Waals surface area contributed by atoms with E-state index in [0.29, 0.717) is 30.8 Å². The Bertz CT molecular complexity index is 1000. The van der Waals surface area contributed by atoms with Crippen molar-refractivity contribution in [2.24, 2.45) is 0 Å². The summed E-state index contributed by atoms with van der Waals surface area (Å²) in [5.41, 5.74) is 1.95. The van der Waals surface area contributed by atoms with E-state index in [-0.39, 0.29) is 5.91 Å². The molecule has 1 amide bonds. The zero-order valence-corrected chi connectivity index (χ0v) is 18.0. The highest BCUT2D eigenvalue weighted by atomic mass is 35.5. The Kier molecular flexibility index (Phi) is 6.66. The summed E-state index contributed by atoms with van der Waals surface area (Å²) >= 11 is 25.7. The summed E-state index contributed by atoms with van der Waals surface area (Å²) in [4.78, 5) is 18.2. The van der Waals surface area contributed by atoms with Crippen LogP contribution in [0.15, 0.2) is 36.4 Å². The fraction of sp³-hybridized carbons (Fsp3) is 0.158. The van der Waals surface area contributed by atoms with Crippen molar-refractivity contribution in [1.29, 1.82) is 0 Å². The number of thiazole rings is 1. The third kappa shape index (κ3) is 4.76. The van der Waals surface area contributed by atoms with Gasteiger partial charge in [-0.05, 0) is 42.8 Å². The van der Waals surface area contributed by atoms with Gasteiger partial charge in [-0.2, -0.15) is 0 Å². The minimum atomic E-state index is -0.306. The second-order valence-corrected chi connectivity index (χ2v) is 8.49. The summed E-state index contributed by atoms with van der Waals surface area (Å²) < 4.78 is 0. The van der Waals surface area contributed by atoms with Gasteiger partial charge in [0.25, 0.3) is 5.91 Å². The van der Waals surface area contributed by atoms with Crippen LogP contribution in [0.4, 0.5) is 5.13 Å². The fourth-order valence-electron chi connectivity index (χ4n) is 2.50. The first kappa shape index (κ1) is 20.4. The maximum Gasteiger partial charge on any atom is 0.257 e. The molecule has 3 rings (SSSR count). The molecule has 0 saturated heterocycles. The fourth-order valence-corrected chi connectivity index (χ4v) is 4.37. The van der Waals surface area contributed by atoms with Crippen molar-refractivity contribution in [2.75, 3.05) is 5.32 Å². The van der Waals surface area contributed by atoms with E-state index in [0.717, 1.165) is 29.0 Å². The molecule has 0 radical (unpaired) electrons. The first-order valence-electron chi connectivity index (χ1n) is 8.10. The van der Waals surface area contributed by atoms with Crippen molar-refractivity contribution in [3.8, 4) is 11.3 Å². The second-order valence-electron chi connectivity index (χ2n) is 5.75. The maximum atomic E-state index is 12.5. The van der Waals surface area contributed by atoms with Gasteiger partial charge < -0.3 is 0 Å². The average Bonchev–Trinajstić information content (AvgIpc) is 2.99. The molecule has 8 heteroatoms. The van der Waals surface area contributed by atoms with Crippen LogP contribution in [0, 0.1) is 0 Å². The molecule has 27 heavy (non-hydrogen) atoms. The van der Waals surface area contributed by atoms with Crippen LogP contribution in [0.5, 0.6) is 0 Å². The number of hydrogen-bond acceptors (Lipinski definition) is 3. The molecule has 1 N–H and O–H groups in total. The first-order valence-corrected chi connectivity index (χ1v) is 10.4. The van der Waals surface area contributed by atoms with Crippen LogP contribution in [0.1, 0.15) is 28.6 Å². The zero-order chi connectivity index (χ0) is 19.6. The first-order chi connectivity index (χ1) is 12.9. The molecule has 3 aromatic rings. The molecule has 0 spiro atoms. The molecule has 1 aromatic heterocycles. The lowest BCUT2D eigenvalue weighted by Crippen LogP contribution is -2.11. The summed E-state index contributed by atoms with van der Waals surface area (Å²) in [7, 11) is 0. The van der Waals surface area contributed by atoms with E-state index in [9.17, 15) is 4.79 Å². The van der Waals surface area contributed by atoms with Gasteiger partial charge in [-0.15, -0.1) is 11.3 Å². The number of anilines is 1. The van der Waals surface area contributed by atoms with Gasteiger partial charge >= 0.3 is 0 Å². The van der Waals surface area contributed by atoms with Crippen LogP contribution < -0.4 is 5.32 Å². The normalized spacial score (nSPS) is 10.9. The quantitative estimate of drug-likeness (QED) is 0.426. The smallest absolute Gasteiger partial charge is 0.257 e. The summed E-state index contributed by atoms with van der Waals surface area (Å²) in [6.07, 6.45) is 1.77. The molecule has 0 bridgehead atoms. The Morgan fingerprint density at radius 3 is 2.48 bits per heavy atom. The number of aromatic nitrogens is 1. The molecule has 0 unspecified atom stereocenters. The lowest BCUT2D eigenvalue weighted by atomic mass is 10.1. The number of nitrogens with zero attached hydrogens (tertiary/aromatic N) is 1. The number of amides is 1. The third-order valence-corrected chi connectivity index (χ3v) is 6.08. The number of aryl methyl sites for hydroxylation is 1. The number of halogens is 4. The summed E-state index contributed by atoms with van der Waals surface area (Å²) in [6, 6.07) is 10.0. The van der Waals surface area contributed by atoms with Gasteiger partial charge in [-0.25, -0.2) is 4.98 Å². The summed E-state index contributed by atoms with van der Waals surface area (Å²) in [5.74, 6) is -0.306. The van der Waals surface area contributed by atoms with Crippen LogP contribution in [-0.4, -0.2) is 10.9 Å². The van der Waals surface area contributed by atoms with Crippen molar-refractivity contribution < 1.29 is 4.79 Å². The molecule has 3 nitrogen and oxygen atoms in total. The minimum Gasteiger partial charge on any atom is -0.298 e. The van der Waals surface area contributed by atoms with Gasteiger partial charge in [0, 0.05) is 21.0 Å². The van der Waals surface area contributed by atoms with Crippen LogP contribution in [0.3, 0.4) is 0 Å². The standard InChI is InChI=1S/C19H14Cl4N2OS/c1-2-3-16-17(12-6-5-11(20)9-14(12)22)24-19(27-16)25-18(26)10-4-7-13(21)15(23)8-10/h4-9H,2-3H2,1H3,(H,24,25,26). The number of nitrogens with one attached hydrogen (secondary N) is 1. The lowest BCUT2D eigenvalue weighted by Gasteiger charge is -2.04. The van der Waals surface area contributed by atoms with Crippen LogP contribution in [-0.2, 0) is 6.42 Å². The van der Waals surface area contributed by atoms with Crippen molar-refractivity contribution >= 4 is 68.8 Å². The van der Waals surface area contributed by atoms with Crippen LogP contribution >= 0.6 is 57.7 Å². The molecular weight excluding hydrogens is 446 g/mol. The number of carbonyl (C=O) groups excluding carboxylic acids is 1. The largest absolute Gasteiger partial charge is 0.298 e. The van der Waals surface area contributed by atoms with E-state index >= 15 is 0 Å². The highest BCUT2D eigenvalue weighted by Crippen LogP contribution is 2.37. The molecular formula is C19H14Cl4N2OS. The Labute approximate surface area is 181 Å². The topological polar surface area (TPSA) is 42.0 Å². The van der Waals surface area contributed by atoms with Gasteiger partial charge in [0.2, 0.25) is 0 Å². The van der Waals surface area contributed by atoms with E-state index in [1.54, 1.807) is 24.3 Å². The van der Waals surface area contributed by atoms with Crippen LogP contribution in [0.25, 0.3) is 11.3 Å². The second kappa shape index (κ2) is 8.80. The highest BCUT2D eigenvalue weighted by Gasteiger charge is 2.17. The Morgan fingerprint density at radius 1 is 1.04 bits per heavy atom. The molecule has 0 aliphatic rings. The summed E-state index contributed by atoms with van der Waals surface area (Å²) in [6.45, 7) is 2.08. The van der Waals surface area contributed by atoms with Crippen LogP contribution in [0.2, 0.25) is 20.1 Å². The molecule has 0 fully saturated rings. The number of hydrogen-bond donors (Lipinski definition) is 1. The predicted octanol–water partition coefficient (Wildman–Crippen LogP) is 7.63. The maximum absolute atomic E-state index is 12.5. The molecule has 1 heterocycles. The Hall–Kier alpha value is -1.30. The lowest BCUT2D eigenvalue weighted by molar-refractivity contribution is 0.102. The van der Waals surface area contributed by atoms with E-state index < -0.39 is 0 Å².